The highest BCUT2D eigenvalue weighted by molar-refractivity contribution is 6.30. The van der Waals surface area contributed by atoms with E-state index >= 15 is 0 Å². The highest BCUT2D eigenvalue weighted by Gasteiger charge is 2.13. The molecule has 2 atom stereocenters. The zero-order chi connectivity index (χ0) is 11.3. The summed E-state index contributed by atoms with van der Waals surface area (Å²) < 4.78 is 5.72. The second kappa shape index (κ2) is 5.79. The Morgan fingerprint density at radius 3 is 2.80 bits per heavy atom. The quantitative estimate of drug-likeness (QED) is 0.779. The monoisotopic (exact) mass is 225 g/mol. The van der Waals surface area contributed by atoms with E-state index in [0.717, 1.165) is 5.75 Å². The molecule has 1 N–H and O–H groups in total. The Morgan fingerprint density at radius 1 is 1.53 bits per heavy atom. The van der Waals surface area contributed by atoms with E-state index in [-0.39, 0.29) is 12.1 Å². The smallest absolute Gasteiger partial charge is 0.121 e. The number of rotatable bonds is 5. The molecule has 3 heteroatoms. The Labute approximate surface area is 95.9 Å². The molecule has 0 saturated carbocycles. The first-order valence-electron chi connectivity index (χ1n) is 4.89. The van der Waals surface area contributed by atoms with E-state index in [4.69, 9.17) is 16.3 Å². The summed E-state index contributed by atoms with van der Waals surface area (Å²) in [6.07, 6.45) is 1.85. The van der Waals surface area contributed by atoms with Gasteiger partial charge in [0.1, 0.15) is 11.9 Å². The van der Waals surface area contributed by atoms with Crippen LogP contribution in [0.25, 0.3) is 0 Å². The standard InChI is InChI=1S/C12H16ClNO/c1-4-12(14-3)9(2)15-11-7-5-6-10(13)8-11/h4-9,12,14H,1H2,2-3H3. The maximum Gasteiger partial charge on any atom is 0.121 e. The molecule has 2 nitrogen and oxygen atoms in total. The van der Waals surface area contributed by atoms with Crippen molar-refractivity contribution in [1.82, 2.24) is 5.32 Å². The number of halogens is 1. The maximum atomic E-state index is 5.86. The lowest BCUT2D eigenvalue weighted by atomic mass is 10.2. The van der Waals surface area contributed by atoms with E-state index in [1.807, 2.05) is 38.2 Å². The summed E-state index contributed by atoms with van der Waals surface area (Å²) in [5.41, 5.74) is 0. The summed E-state index contributed by atoms with van der Waals surface area (Å²) in [6, 6.07) is 7.50. The van der Waals surface area contributed by atoms with Crippen molar-refractivity contribution in [3.63, 3.8) is 0 Å². The van der Waals surface area contributed by atoms with Crippen LogP contribution in [-0.2, 0) is 0 Å². The Hall–Kier alpha value is -0.990. The fourth-order valence-electron chi connectivity index (χ4n) is 1.37. The van der Waals surface area contributed by atoms with Gasteiger partial charge in [0, 0.05) is 5.02 Å². The van der Waals surface area contributed by atoms with Crippen molar-refractivity contribution >= 4 is 11.6 Å². The molecule has 82 valence electrons. The van der Waals surface area contributed by atoms with Crippen LogP contribution in [0.5, 0.6) is 5.75 Å². The molecular formula is C12H16ClNO. The molecule has 15 heavy (non-hydrogen) atoms. The molecule has 0 bridgehead atoms. The number of hydrogen-bond donors (Lipinski definition) is 1. The van der Waals surface area contributed by atoms with Gasteiger partial charge in [0.05, 0.1) is 6.04 Å². The molecule has 0 aliphatic heterocycles. The predicted molar refractivity (Wildman–Crippen MR) is 64.6 cm³/mol. The molecule has 1 aromatic carbocycles. The molecule has 0 heterocycles. The van der Waals surface area contributed by atoms with E-state index in [0.29, 0.717) is 5.02 Å². The summed E-state index contributed by atoms with van der Waals surface area (Å²) in [5, 5.41) is 3.79. The number of benzene rings is 1. The minimum atomic E-state index is 0.0194. The third-order valence-electron chi connectivity index (χ3n) is 2.21. The molecule has 0 amide bonds. The molecule has 0 radical (unpaired) electrons. The van der Waals surface area contributed by atoms with Crippen molar-refractivity contribution in [3.8, 4) is 5.75 Å². The van der Waals surface area contributed by atoms with Gasteiger partial charge in [0.25, 0.3) is 0 Å². The summed E-state index contributed by atoms with van der Waals surface area (Å²) >= 11 is 5.86. The molecule has 0 aliphatic carbocycles. The van der Waals surface area contributed by atoms with Crippen molar-refractivity contribution in [1.29, 1.82) is 0 Å². The van der Waals surface area contributed by atoms with Gasteiger partial charge >= 0.3 is 0 Å². The van der Waals surface area contributed by atoms with E-state index in [2.05, 4.69) is 11.9 Å². The maximum absolute atomic E-state index is 5.86. The zero-order valence-electron chi connectivity index (χ0n) is 9.03. The Balaban J connectivity index is 2.65. The number of ether oxygens (including phenoxy) is 1. The molecule has 0 aromatic heterocycles. The molecular weight excluding hydrogens is 210 g/mol. The van der Waals surface area contributed by atoms with Gasteiger partial charge in [0.2, 0.25) is 0 Å². The van der Waals surface area contributed by atoms with Crippen LogP contribution in [-0.4, -0.2) is 19.2 Å². The molecule has 1 aromatic rings. The Morgan fingerprint density at radius 2 is 2.27 bits per heavy atom. The Bertz CT molecular complexity index is 327. The van der Waals surface area contributed by atoms with Gasteiger partial charge in [0.15, 0.2) is 0 Å². The van der Waals surface area contributed by atoms with Crippen LogP contribution in [0.4, 0.5) is 0 Å². The van der Waals surface area contributed by atoms with Crippen LogP contribution >= 0.6 is 11.6 Å². The number of likely N-dealkylation sites (N-methyl/N-ethyl adjacent to an activating group) is 1. The van der Waals surface area contributed by atoms with E-state index < -0.39 is 0 Å². The van der Waals surface area contributed by atoms with Crippen molar-refractivity contribution in [2.75, 3.05) is 7.05 Å². The second-order valence-corrected chi connectivity index (χ2v) is 3.77. The minimum absolute atomic E-state index is 0.0194. The van der Waals surface area contributed by atoms with Gasteiger partial charge in [-0.2, -0.15) is 0 Å². The number of nitrogens with one attached hydrogen (secondary N) is 1. The first-order chi connectivity index (χ1) is 7.17. The minimum Gasteiger partial charge on any atom is -0.489 e. The van der Waals surface area contributed by atoms with Gasteiger partial charge < -0.3 is 10.1 Å². The van der Waals surface area contributed by atoms with Gasteiger partial charge in [-0.15, -0.1) is 6.58 Å². The third-order valence-corrected chi connectivity index (χ3v) is 2.45. The SMILES string of the molecule is C=CC(NC)C(C)Oc1cccc(Cl)c1. The second-order valence-electron chi connectivity index (χ2n) is 3.33. The first kappa shape index (κ1) is 12.1. The average molecular weight is 226 g/mol. The van der Waals surface area contributed by atoms with Gasteiger partial charge in [-0.05, 0) is 32.2 Å². The zero-order valence-corrected chi connectivity index (χ0v) is 9.79. The highest BCUT2D eigenvalue weighted by atomic mass is 35.5. The van der Waals surface area contributed by atoms with Crippen molar-refractivity contribution in [2.45, 2.75) is 19.1 Å². The summed E-state index contributed by atoms with van der Waals surface area (Å²) in [7, 11) is 1.88. The molecule has 0 aliphatic rings. The van der Waals surface area contributed by atoms with Crippen LogP contribution in [0.1, 0.15) is 6.92 Å². The number of hydrogen-bond acceptors (Lipinski definition) is 2. The van der Waals surface area contributed by atoms with Gasteiger partial charge in [-0.25, -0.2) is 0 Å². The van der Waals surface area contributed by atoms with E-state index in [1.54, 1.807) is 6.07 Å². The van der Waals surface area contributed by atoms with Gasteiger partial charge in [-0.3, -0.25) is 0 Å². The first-order valence-corrected chi connectivity index (χ1v) is 5.27. The van der Waals surface area contributed by atoms with Crippen LogP contribution in [0.15, 0.2) is 36.9 Å². The molecule has 2 unspecified atom stereocenters. The fraction of sp³-hybridized carbons (Fsp3) is 0.333. The molecule has 0 fully saturated rings. The van der Waals surface area contributed by atoms with Gasteiger partial charge in [-0.1, -0.05) is 23.7 Å². The normalized spacial score (nSPS) is 14.3. The Kier molecular flexibility index (Phi) is 4.66. The van der Waals surface area contributed by atoms with E-state index in [1.165, 1.54) is 0 Å². The van der Waals surface area contributed by atoms with Crippen LogP contribution < -0.4 is 10.1 Å². The lowest BCUT2D eigenvalue weighted by Crippen LogP contribution is -2.37. The van der Waals surface area contributed by atoms with Crippen molar-refractivity contribution in [2.24, 2.45) is 0 Å². The third kappa shape index (κ3) is 3.57. The topological polar surface area (TPSA) is 21.3 Å². The van der Waals surface area contributed by atoms with Crippen LogP contribution in [0.2, 0.25) is 5.02 Å². The van der Waals surface area contributed by atoms with Crippen LogP contribution in [0.3, 0.4) is 0 Å². The molecule has 0 spiro atoms. The molecule has 0 saturated heterocycles. The van der Waals surface area contributed by atoms with Crippen LogP contribution in [0, 0.1) is 0 Å². The predicted octanol–water partition coefficient (Wildman–Crippen LogP) is 2.88. The lowest BCUT2D eigenvalue weighted by Gasteiger charge is -2.21. The highest BCUT2D eigenvalue weighted by Crippen LogP contribution is 2.19. The lowest BCUT2D eigenvalue weighted by molar-refractivity contribution is 0.194. The average Bonchev–Trinajstić information content (AvgIpc) is 2.19. The summed E-state index contributed by atoms with van der Waals surface area (Å²) in [4.78, 5) is 0. The van der Waals surface area contributed by atoms with Crippen molar-refractivity contribution in [3.05, 3.63) is 41.9 Å². The van der Waals surface area contributed by atoms with E-state index in [9.17, 15) is 0 Å². The summed E-state index contributed by atoms with van der Waals surface area (Å²) in [5.74, 6) is 0.775. The summed E-state index contributed by atoms with van der Waals surface area (Å²) in [6.45, 7) is 5.73. The fourth-order valence-corrected chi connectivity index (χ4v) is 1.55. The van der Waals surface area contributed by atoms with Crippen molar-refractivity contribution < 1.29 is 4.74 Å². The largest absolute Gasteiger partial charge is 0.489 e. The molecule has 1 rings (SSSR count).